The quantitative estimate of drug-likeness (QED) is 0.496. The molecule has 0 radical (unpaired) electrons. The third-order valence-corrected chi connectivity index (χ3v) is 1.65. The van der Waals surface area contributed by atoms with Gasteiger partial charge < -0.3 is 5.73 Å². The van der Waals surface area contributed by atoms with E-state index in [-0.39, 0.29) is 9.90 Å². The van der Waals surface area contributed by atoms with Crippen molar-refractivity contribution in [2.45, 2.75) is 38.1 Å². The van der Waals surface area contributed by atoms with Crippen molar-refractivity contribution in [2.75, 3.05) is 0 Å². The predicted molar refractivity (Wildman–Crippen MR) is 42.2 cm³/mol. The lowest BCUT2D eigenvalue weighted by Gasteiger charge is -2.15. The van der Waals surface area contributed by atoms with E-state index in [0.29, 0.717) is 6.04 Å². The van der Waals surface area contributed by atoms with Crippen molar-refractivity contribution < 1.29 is 0 Å². The molecule has 1 aliphatic rings. The molecule has 0 amide bonds. The highest BCUT2D eigenvalue weighted by Gasteiger charge is 2.06. The summed E-state index contributed by atoms with van der Waals surface area (Å²) in [5, 5.41) is 0. The Kier molecular flexibility index (Phi) is 4.50. The zero-order valence-electron chi connectivity index (χ0n) is 5.40. The highest BCUT2D eigenvalue weighted by atomic mass is 31.0. The van der Waals surface area contributed by atoms with Gasteiger partial charge in [0.2, 0.25) is 0 Å². The third kappa shape index (κ3) is 2.64. The maximum absolute atomic E-state index is 5.63. The van der Waals surface area contributed by atoms with Gasteiger partial charge in [-0.2, -0.15) is 9.90 Å². The molecule has 8 heavy (non-hydrogen) atoms. The van der Waals surface area contributed by atoms with E-state index in [1.54, 1.807) is 0 Å². The van der Waals surface area contributed by atoms with Gasteiger partial charge in [0.25, 0.3) is 0 Å². The fourth-order valence-corrected chi connectivity index (χ4v) is 1.13. The maximum atomic E-state index is 5.63. The second-order valence-corrected chi connectivity index (χ2v) is 2.40. The Morgan fingerprint density at radius 3 is 1.75 bits per heavy atom. The highest BCUT2D eigenvalue weighted by Crippen LogP contribution is 2.14. The first-order chi connectivity index (χ1) is 3.39. The summed E-state index contributed by atoms with van der Waals surface area (Å²) in [6.45, 7) is 0. The molecule has 0 saturated heterocycles. The van der Waals surface area contributed by atoms with Crippen molar-refractivity contribution in [1.29, 1.82) is 0 Å². The van der Waals surface area contributed by atoms with Crippen LogP contribution >= 0.6 is 9.90 Å². The molecule has 0 spiro atoms. The lowest BCUT2D eigenvalue weighted by molar-refractivity contribution is 0.441. The molecular formula is C6H16NP. The van der Waals surface area contributed by atoms with Crippen LogP contribution in [0.5, 0.6) is 0 Å². The first-order valence-electron chi connectivity index (χ1n) is 3.15. The molecule has 50 valence electrons. The Morgan fingerprint density at radius 2 is 1.50 bits per heavy atom. The molecular weight excluding hydrogens is 117 g/mol. The summed E-state index contributed by atoms with van der Waals surface area (Å²) in [5.41, 5.74) is 5.63. The van der Waals surface area contributed by atoms with E-state index in [0.717, 1.165) is 0 Å². The van der Waals surface area contributed by atoms with Crippen LogP contribution in [-0.2, 0) is 0 Å². The van der Waals surface area contributed by atoms with Gasteiger partial charge in [0.1, 0.15) is 0 Å². The van der Waals surface area contributed by atoms with Crippen LogP contribution < -0.4 is 5.73 Å². The van der Waals surface area contributed by atoms with Gasteiger partial charge in [-0.1, -0.05) is 19.3 Å². The minimum Gasteiger partial charge on any atom is -0.328 e. The Morgan fingerprint density at radius 1 is 1.00 bits per heavy atom. The Hall–Kier alpha value is 0.390. The summed E-state index contributed by atoms with van der Waals surface area (Å²) in [6.07, 6.45) is 6.66. The topological polar surface area (TPSA) is 26.0 Å². The maximum Gasteiger partial charge on any atom is 0.00388 e. The lowest BCUT2D eigenvalue weighted by atomic mass is 9.97. The second kappa shape index (κ2) is 4.29. The number of hydrogen-bond donors (Lipinski definition) is 1. The molecule has 1 saturated carbocycles. The first-order valence-corrected chi connectivity index (χ1v) is 3.15. The molecule has 1 rings (SSSR count). The predicted octanol–water partition coefficient (Wildman–Crippen LogP) is 1.34. The minimum absolute atomic E-state index is 0. The van der Waals surface area contributed by atoms with Crippen molar-refractivity contribution in [2.24, 2.45) is 5.73 Å². The summed E-state index contributed by atoms with van der Waals surface area (Å²) in [7, 11) is 0. The van der Waals surface area contributed by atoms with Crippen molar-refractivity contribution in [3.63, 3.8) is 0 Å². The lowest BCUT2D eigenvalue weighted by Crippen LogP contribution is -2.22. The van der Waals surface area contributed by atoms with Crippen molar-refractivity contribution >= 4 is 9.90 Å². The molecule has 1 fully saturated rings. The summed E-state index contributed by atoms with van der Waals surface area (Å²) in [5.74, 6) is 0. The number of hydrogen-bond acceptors (Lipinski definition) is 1. The molecule has 0 heterocycles. The summed E-state index contributed by atoms with van der Waals surface area (Å²) < 4.78 is 0. The largest absolute Gasteiger partial charge is 0.328 e. The third-order valence-electron chi connectivity index (χ3n) is 1.65. The fourth-order valence-electron chi connectivity index (χ4n) is 1.13. The van der Waals surface area contributed by atoms with Crippen molar-refractivity contribution in [1.82, 2.24) is 0 Å². The summed E-state index contributed by atoms with van der Waals surface area (Å²) in [4.78, 5) is 0. The van der Waals surface area contributed by atoms with Crippen molar-refractivity contribution in [3.05, 3.63) is 0 Å². The summed E-state index contributed by atoms with van der Waals surface area (Å²) in [6, 6.07) is 0.536. The number of nitrogens with two attached hydrogens (primary N) is 1. The van der Waals surface area contributed by atoms with Gasteiger partial charge in [0.05, 0.1) is 0 Å². The van der Waals surface area contributed by atoms with Crippen LogP contribution in [0.15, 0.2) is 0 Å². The van der Waals surface area contributed by atoms with Crippen LogP contribution in [-0.4, -0.2) is 6.04 Å². The van der Waals surface area contributed by atoms with Crippen molar-refractivity contribution in [3.8, 4) is 0 Å². The van der Waals surface area contributed by atoms with E-state index >= 15 is 0 Å². The molecule has 0 bridgehead atoms. The second-order valence-electron chi connectivity index (χ2n) is 2.40. The van der Waals surface area contributed by atoms with Gasteiger partial charge in [0.15, 0.2) is 0 Å². The van der Waals surface area contributed by atoms with Gasteiger partial charge in [0, 0.05) is 6.04 Å². The Labute approximate surface area is 54.6 Å². The first kappa shape index (κ1) is 8.39. The SMILES string of the molecule is NC1CCCCC1.P. The standard InChI is InChI=1S/C6H13N.H3P/c7-6-4-2-1-3-5-6;/h6H,1-5,7H2;1H3. The van der Waals surface area contributed by atoms with Crippen LogP contribution in [0.25, 0.3) is 0 Å². The van der Waals surface area contributed by atoms with Gasteiger partial charge in [-0.25, -0.2) is 0 Å². The van der Waals surface area contributed by atoms with Crippen LogP contribution in [0, 0.1) is 0 Å². The van der Waals surface area contributed by atoms with E-state index in [9.17, 15) is 0 Å². The Balaban J connectivity index is 0.000000490. The minimum atomic E-state index is 0. The smallest absolute Gasteiger partial charge is 0.00388 e. The average molecular weight is 133 g/mol. The van der Waals surface area contributed by atoms with Crippen LogP contribution in [0.4, 0.5) is 0 Å². The normalized spacial score (nSPS) is 22.1. The van der Waals surface area contributed by atoms with Gasteiger partial charge in [-0.15, -0.1) is 0 Å². The average Bonchev–Trinajstić information content (AvgIpc) is 1.69. The monoisotopic (exact) mass is 133 g/mol. The van der Waals surface area contributed by atoms with E-state index in [1.165, 1.54) is 32.1 Å². The highest BCUT2D eigenvalue weighted by molar-refractivity contribution is 6.92. The summed E-state index contributed by atoms with van der Waals surface area (Å²) >= 11 is 0. The molecule has 0 aliphatic heterocycles. The van der Waals surface area contributed by atoms with E-state index in [1.807, 2.05) is 0 Å². The fraction of sp³-hybridized carbons (Fsp3) is 1.00. The molecule has 0 aromatic rings. The molecule has 0 aromatic carbocycles. The molecule has 1 nitrogen and oxygen atoms in total. The van der Waals surface area contributed by atoms with E-state index in [2.05, 4.69) is 0 Å². The zero-order valence-corrected chi connectivity index (χ0v) is 6.81. The molecule has 0 aromatic heterocycles. The Bertz CT molecular complexity index is 50.5. The zero-order chi connectivity index (χ0) is 5.11. The number of rotatable bonds is 0. The van der Waals surface area contributed by atoms with Crippen LogP contribution in [0.1, 0.15) is 32.1 Å². The molecule has 2 heteroatoms. The molecule has 1 atom stereocenters. The van der Waals surface area contributed by atoms with Gasteiger partial charge in [-0.05, 0) is 12.8 Å². The van der Waals surface area contributed by atoms with Crippen LogP contribution in [0.2, 0.25) is 0 Å². The van der Waals surface area contributed by atoms with E-state index in [4.69, 9.17) is 5.73 Å². The molecule has 1 unspecified atom stereocenters. The van der Waals surface area contributed by atoms with E-state index < -0.39 is 0 Å². The van der Waals surface area contributed by atoms with Crippen LogP contribution in [0.3, 0.4) is 0 Å². The van der Waals surface area contributed by atoms with Gasteiger partial charge >= 0.3 is 0 Å². The molecule has 2 N–H and O–H groups in total. The molecule has 1 aliphatic carbocycles. The van der Waals surface area contributed by atoms with Gasteiger partial charge in [-0.3, -0.25) is 0 Å².